The number of hydrogen-bond donors (Lipinski definition) is 2. The number of thiocarbonyl (C=S) groups is 1. The number of carbonyl (C=O) groups is 1. The lowest BCUT2D eigenvalue weighted by Crippen LogP contribution is -2.33. The van der Waals surface area contributed by atoms with E-state index in [4.69, 9.17) is 23.8 Å². The summed E-state index contributed by atoms with van der Waals surface area (Å²) in [6.45, 7) is 1.51. The van der Waals surface area contributed by atoms with Gasteiger partial charge >= 0.3 is 6.18 Å². The number of halogens is 4. The minimum Gasteiger partial charge on any atom is -0.370 e. The van der Waals surface area contributed by atoms with Crippen LogP contribution in [-0.2, 0) is 11.0 Å². The summed E-state index contributed by atoms with van der Waals surface area (Å²) in [6, 6.07) is 10.4. The number of rotatable bonds is 4. The van der Waals surface area contributed by atoms with Gasteiger partial charge in [-0.25, -0.2) is 0 Å². The maximum atomic E-state index is 13.1. The zero-order valence-corrected chi connectivity index (χ0v) is 17.4. The molecule has 3 rings (SSSR count). The molecule has 2 N–H and O–H groups in total. The van der Waals surface area contributed by atoms with E-state index < -0.39 is 17.6 Å². The van der Waals surface area contributed by atoms with Gasteiger partial charge in [-0.3, -0.25) is 10.1 Å². The van der Waals surface area contributed by atoms with Crippen LogP contribution in [0.1, 0.15) is 24.0 Å². The minimum absolute atomic E-state index is 0.0828. The number of nitrogens with zero attached hydrogens (tertiary/aromatic N) is 1. The van der Waals surface area contributed by atoms with Gasteiger partial charge in [0.1, 0.15) is 0 Å². The summed E-state index contributed by atoms with van der Waals surface area (Å²) in [4.78, 5) is 14.1. The summed E-state index contributed by atoms with van der Waals surface area (Å²) in [7, 11) is 0. The highest BCUT2D eigenvalue weighted by Crippen LogP contribution is 2.36. The maximum absolute atomic E-state index is 13.1. The Morgan fingerprint density at radius 2 is 1.77 bits per heavy atom. The molecule has 0 saturated carbocycles. The van der Waals surface area contributed by atoms with Crippen molar-refractivity contribution in [3.8, 4) is 0 Å². The van der Waals surface area contributed by atoms with Gasteiger partial charge in [0.15, 0.2) is 5.11 Å². The fourth-order valence-corrected chi connectivity index (χ4v) is 3.44. The minimum atomic E-state index is -4.48. The van der Waals surface area contributed by atoms with Crippen LogP contribution < -0.4 is 15.5 Å². The second kappa shape index (κ2) is 9.49. The van der Waals surface area contributed by atoms with Gasteiger partial charge < -0.3 is 10.2 Å². The zero-order chi connectivity index (χ0) is 21.7. The third-order valence-corrected chi connectivity index (χ3v) is 5.01. The van der Waals surface area contributed by atoms with Gasteiger partial charge in [-0.05, 0) is 67.0 Å². The van der Waals surface area contributed by atoms with Crippen molar-refractivity contribution in [2.24, 2.45) is 0 Å². The van der Waals surface area contributed by atoms with Crippen LogP contribution in [0.25, 0.3) is 6.08 Å². The van der Waals surface area contributed by atoms with E-state index in [0.29, 0.717) is 10.7 Å². The monoisotopic (exact) mass is 453 g/mol. The highest BCUT2D eigenvalue weighted by atomic mass is 35.5. The molecule has 30 heavy (non-hydrogen) atoms. The predicted octanol–water partition coefficient (Wildman–Crippen LogP) is 5.49. The number of nitrogens with one attached hydrogen (secondary N) is 2. The van der Waals surface area contributed by atoms with Crippen molar-refractivity contribution in [1.82, 2.24) is 5.32 Å². The van der Waals surface area contributed by atoms with Gasteiger partial charge in [0, 0.05) is 24.2 Å². The molecule has 0 unspecified atom stereocenters. The van der Waals surface area contributed by atoms with E-state index >= 15 is 0 Å². The first kappa shape index (κ1) is 22.1. The Morgan fingerprint density at radius 3 is 2.40 bits per heavy atom. The second-order valence-electron chi connectivity index (χ2n) is 6.75. The van der Waals surface area contributed by atoms with E-state index in [1.165, 1.54) is 12.1 Å². The molecule has 1 amide bonds. The molecule has 0 bridgehead atoms. The SMILES string of the molecule is O=C(/C=C/c1ccc(Cl)cc1)NC(=S)Nc1cc(C(F)(F)F)ccc1N1CCCC1. The molecule has 0 spiro atoms. The van der Waals surface area contributed by atoms with Crippen molar-refractivity contribution in [2.75, 3.05) is 23.3 Å². The van der Waals surface area contributed by atoms with E-state index in [9.17, 15) is 18.0 Å². The van der Waals surface area contributed by atoms with Crippen LogP contribution >= 0.6 is 23.8 Å². The van der Waals surface area contributed by atoms with E-state index in [2.05, 4.69) is 10.6 Å². The number of hydrogen-bond acceptors (Lipinski definition) is 3. The Kier molecular flexibility index (Phi) is 6.99. The average molecular weight is 454 g/mol. The van der Waals surface area contributed by atoms with Crippen molar-refractivity contribution in [2.45, 2.75) is 19.0 Å². The first-order chi connectivity index (χ1) is 14.2. The molecule has 1 aliphatic heterocycles. The van der Waals surface area contributed by atoms with Crippen LogP contribution in [0.2, 0.25) is 5.02 Å². The summed E-state index contributed by atoms with van der Waals surface area (Å²) in [5, 5.41) is 5.70. The van der Waals surface area contributed by atoms with Crippen molar-refractivity contribution >= 4 is 52.3 Å². The summed E-state index contributed by atoms with van der Waals surface area (Å²) >= 11 is 11.0. The van der Waals surface area contributed by atoms with Crippen molar-refractivity contribution < 1.29 is 18.0 Å². The lowest BCUT2D eigenvalue weighted by Gasteiger charge is -2.23. The number of carbonyl (C=O) groups excluding carboxylic acids is 1. The smallest absolute Gasteiger partial charge is 0.370 e. The van der Waals surface area contributed by atoms with E-state index in [1.54, 1.807) is 30.3 Å². The van der Waals surface area contributed by atoms with E-state index in [0.717, 1.165) is 43.6 Å². The molecule has 0 atom stereocenters. The molecule has 2 aromatic carbocycles. The maximum Gasteiger partial charge on any atom is 0.416 e. The quantitative estimate of drug-likeness (QED) is 0.475. The largest absolute Gasteiger partial charge is 0.416 e. The van der Waals surface area contributed by atoms with E-state index in [1.807, 2.05) is 4.90 Å². The fourth-order valence-electron chi connectivity index (χ4n) is 3.10. The standard InChI is InChI=1S/C21H19ClF3N3OS/c22-16-7-3-14(4-8-16)5-10-19(29)27-20(30)26-17-13-15(21(23,24)25)6-9-18(17)28-11-1-2-12-28/h3-10,13H,1-2,11-12H2,(H2,26,27,29,30)/b10-5+. The molecular formula is C21H19ClF3N3OS. The second-order valence-corrected chi connectivity index (χ2v) is 7.60. The summed E-state index contributed by atoms with van der Waals surface area (Å²) in [6.07, 6.45) is 0.319. The molecule has 0 aliphatic carbocycles. The predicted molar refractivity (Wildman–Crippen MR) is 118 cm³/mol. The molecule has 1 heterocycles. The molecule has 1 aliphatic rings. The summed E-state index contributed by atoms with van der Waals surface area (Å²) < 4.78 is 39.4. The Hall–Kier alpha value is -2.58. The van der Waals surface area contributed by atoms with E-state index in [-0.39, 0.29) is 10.8 Å². The number of alkyl halides is 3. The molecular weight excluding hydrogens is 435 g/mol. The summed E-state index contributed by atoms with van der Waals surface area (Å²) in [5.74, 6) is -0.503. The third kappa shape index (κ3) is 5.96. The lowest BCUT2D eigenvalue weighted by atomic mass is 10.1. The molecule has 0 radical (unpaired) electrons. The zero-order valence-electron chi connectivity index (χ0n) is 15.8. The Morgan fingerprint density at radius 1 is 1.10 bits per heavy atom. The van der Waals surface area contributed by atoms with Gasteiger partial charge in [0.25, 0.3) is 0 Å². The molecule has 4 nitrogen and oxygen atoms in total. The lowest BCUT2D eigenvalue weighted by molar-refractivity contribution is -0.137. The van der Waals surface area contributed by atoms with Gasteiger partial charge in [-0.2, -0.15) is 13.2 Å². The average Bonchev–Trinajstić information content (AvgIpc) is 3.21. The Labute approximate surface area is 182 Å². The topological polar surface area (TPSA) is 44.4 Å². The van der Waals surface area contributed by atoms with Crippen LogP contribution in [0.3, 0.4) is 0 Å². The van der Waals surface area contributed by atoms with Crippen molar-refractivity contribution in [3.63, 3.8) is 0 Å². The third-order valence-electron chi connectivity index (χ3n) is 4.55. The summed E-state index contributed by atoms with van der Waals surface area (Å²) in [5.41, 5.74) is 0.805. The molecule has 9 heteroatoms. The fraction of sp³-hybridized carbons (Fsp3) is 0.238. The van der Waals surface area contributed by atoms with Gasteiger partial charge in [-0.1, -0.05) is 23.7 Å². The van der Waals surface area contributed by atoms with Crippen molar-refractivity contribution in [1.29, 1.82) is 0 Å². The van der Waals surface area contributed by atoms with Gasteiger partial charge in [-0.15, -0.1) is 0 Å². The molecule has 1 fully saturated rings. The first-order valence-electron chi connectivity index (χ1n) is 9.24. The first-order valence-corrected chi connectivity index (χ1v) is 10.0. The molecule has 158 valence electrons. The Bertz CT molecular complexity index is 955. The molecule has 2 aromatic rings. The van der Waals surface area contributed by atoms with Gasteiger partial charge in [0.2, 0.25) is 5.91 Å². The van der Waals surface area contributed by atoms with Crippen LogP contribution in [0, 0.1) is 0 Å². The van der Waals surface area contributed by atoms with Crippen LogP contribution in [-0.4, -0.2) is 24.1 Å². The highest BCUT2D eigenvalue weighted by molar-refractivity contribution is 7.80. The number of benzene rings is 2. The van der Waals surface area contributed by atoms with Gasteiger partial charge in [0.05, 0.1) is 16.9 Å². The molecule has 1 saturated heterocycles. The molecule has 0 aromatic heterocycles. The van der Waals surface area contributed by atoms with Crippen LogP contribution in [0.5, 0.6) is 0 Å². The van der Waals surface area contributed by atoms with Crippen LogP contribution in [0.4, 0.5) is 24.5 Å². The normalized spacial score (nSPS) is 14.2. The van der Waals surface area contributed by atoms with Crippen molar-refractivity contribution in [3.05, 3.63) is 64.7 Å². The number of amides is 1. The van der Waals surface area contributed by atoms with Crippen LogP contribution in [0.15, 0.2) is 48.5 Å². The Balaban J connectivity index is 1.71. The number of anilines is 2. The highest BCUT2D eigenvalue weighted by Gasteiger charge is 2.31.